The number of hydrogen-bond donors (Lipinski definition) is 3. The molecule has 2 aromatic heterocycles. The predicted molar refractivity (Wildman–Crippen MR) is 114 cm³/mol. The summed E-state index contributed by atoms with van der Waals surface area (Å²) in [4.78, 5) is 13.0. The number of anilines is 1. The van der Waals surface area contributed by atoms with E-state index in [1.807, 2.05) is 42.6 Å². The fraction of sp³-hybridized carbons (Fsp3) is 0.0952. The molecule has 0 aliphatic carbocycles. The Morgan fingerprint density at radius 3 is 2.64 bits per heavy atom. The molecule has 28 heavy (non-hydrogen) atoms. The lowest BCUT2D eigenvalue weighted by molar-refractivity contribution is 0.103. The third-order valence-electron chi connectivity index (χ3n) is 4.53. The number of nitrogens with one attached hydrogen (secondary N) is 1. The Morgan fingerprint density at radius 2 is 1.89 bits per heavy atom. The van der Waals surface area contributed by atoms with Gasteiger partial charge in [0.15, 0.2) is 5.88 Å². The van der Waals surface area contributed by atoms with Crippen molar-refractivity contribution >= 4 is 45.3 Å². The van der Waals surface area contributed by atoms with E-state index in [1.165, 1.54) is 11.3 Å². The van der Waals surface area contributed by atoms with Crippen molar-refractivity contribution in [1.82, 2.24) is 4.57 Å². The summed E-state index contributed by atoms with van der Waals surface area (Å²) in [6.45, 7) is 0.971. The van der Waals surface area contributed by atoms with Crippen molar-refractivity contribution in [2.24, 2.45) is 5.73 Å². The van der Waals surface area contributed by atoms with Gasteiger partial charge in [-0.3, -0.25) is 4.79 Å². The molecule has 0 saturated heterocycles. The first kappa shape index (κ1) is 18.6. The van der Waals surface area contributed by atoms with E-state index in [0.29, 0.717) is 33.4 Å². The normalized spacial score (nSPS) is 11.1. The zero-order chi connectivity index (χ0) is 19.7. The molecular weight excluding hydrogens is 394 g/mol. The van der Waals surface area contributed by atoms with Crippen LogP contribution in [0.3, 0.4) is 0 Å². The van der Waals surface area contributed by atoms with Crippen LogP contribution in [0.25, 0.3) is 10.8 Å². The Kier molecular flexibility index (Phi) is 5.09. The van der Waals surface area contributed by atoms with Gasteiger partial charge in [0, 0.05) is 23.5 Å². The predicted octanol–water partition coefficient (Wildman–Crippen LogP) is 4.82. The summed E-state index contributed by atoms with van der Waals surface area (Å²) >= 11 is 7.14. The van der Waals surface area contributed by atoms with Crippen LogP contribution in [-0.2, 0) is 13.1 Å². The van der Waals surface area contributed by atoms with Gasteiger partial charge >= 0.3 is 0 Å². The number of benzene rings is 2. The largest absolute Gasteiger partial charge is 0.494 e. The highest BCUT2D eigenvalue weighted by atomic mass is 35.5. The fourth-order valence-corrected chi connectivity index (χ4v) is 4.11. The molecule has 0 saturated carbocycles. The Labute approximate surface area is 171 Å². The second-order valence-electron chi connectivity index (χ2n) is 6.43. The van der Waals surface area contributed by atoms with Crippen LogP contribution in [0.1, 0.15) is 20.8 Å². The van der Waals surface area contributed by atoms with E-state index in [1.54, 1.807) is 22.8 Å². The van der Waals surface area contributed by atoms with Gasteiger partial charge in [0.2, 0.25) is 0 Å². The number of halogens is 1. The molecule has 2 aromatic carbocycles. The molecular formula is C21H18ClN3O2S. The molecule has 142 valence electrons. The summed E-state index contributed by atoms with van der Waals surface area (Å²) in [5.41, 5.74) is 8.43. The highest BCUT2D eigenvalue weighted by Crippen LogP contribution is 2.33. The quantitative estimate of drug-likeness (QED) is 0.440. The van der Waals surface area contributed by atoms with E-state index in [-0.39, 0.29) is 11.8 Å². The topological polar surface area (TPSA) is 80.3 Å². The number of fused-ring (bicyclic) bond motifs is 1. The van der Waals surface area contributed by atoms with Gasteiger partial charge < -0.3 is 20.7 Å². The number of nitrogens with zero attached hydrogens (tertiary/aromatic N) is 1. The number of rotatable bonds is 5. The van der Waals surface area contributed by atoms with Crippen molar-refractivity contribution in [3.63, 3.8) is 0 Å². The maximum Gasteiger partial charge on any atom is 0.265 e. The summed E-state index contributed by atoms with van der Waals surface area (Å²) in [7, 11) is 0. The van der Waals surface area contributed by atoms with Crippen LogP contribution in [0.4, 0.5) is 5.69 Å². The zero-order valence-electron chi connectivity index (χ0n) is 14.9. The highest BCUT2D eigenvalue weighted by molar-refractivity contribution is 7.18. The number of hydrogen-bond acceptors (Lipinski definition) is 4. The third-order valence-corrected chi connectivity index (χ3v) is 5.76. The Balaban J connectivity index is 1.66. The molecule has 0 unspecified atom stereocenters. The first-order valence-electron chi connectivity index (χ1n) is 8.70. The summed E-state index contributed by atoms with van der Waals surface area (Å²) in [5, 5.41) is 15.0. The second-order valence-corrected chi connectivity index (χ2v) is 8.14. The molecule has 7 heteroatoms. The van der Waals surface area contributed by atoms with E-state index >= 15 is 0 Å². The van der Waals surface area contributed by atoms with E-state index in [9.17, 15) is 9.90 Å². The first-order valence-corrected chi connectivity index (χ1v) is 9.90. The van der Waals surface area contributed by atoms with Gasteiger partial charge in [-0.05, 0) is 35.4 Å². The molecule has 0 radical (unpaired) electrons. The van der Waals surface area contributed by atoms with Gasteiger partial charge in [0.25, 0.3) is 5.91 Å². The van der Waals surface area contributed by atoms with Crippen LogP contribution < -0.4 is 11.1 Å². The highest BCUT2D eigenvalue weighted by Gasteiger charge is 2.15. The van der Waals surface area contributed by atoms with Crippen LogP contribution in [-0.4, -0.2) is 15.6 Å². The SMILES string of the molecule is NCc1cccc(Cn2cc3c(NC(=O)c4ccc(Cl)s4)cccc3c2O)c1. The van der Waals surface area contributed by atoms with Gasteiger partial charge in [0.05, 0.1) is 21.4 Å². The molecule has 0 spiro atoms. The fourth-order valence-electron chi connectivity index (χ4n) is 3.17. The number of amides is 1. The van der Waals surface area contributed by atoms with Crippen molar-refractivity contribution < 1.29 is 9.90 Å². The Bertz CT molecular complexity index is 1170. The lowest BCUT2D eigenvalue weighted by atomic mass is 10.1. The molecule has 4 rings (SSSR count). The number of aromatic nitrogens is 1. The minimum atomic E-state index is -0.229. The Morgan fingerprint density at radius 1 is 1.11 bits per heavy atom. The molecule has 0 aliphatic heterocycles. The summed E-state index contributed by atoms with van der Waals surface area (Å²) < 4.78 is 2.32. The van der Waals surface area contributed by atoms with Crippen LogP contribution >= 0.6 is 22.9 Å². The van der Waals surface area contributed by atoms with Gasteiger partial charge in [-0.2, -0.15) is 0 Å². The smallest absolute Gasteiger partial charge is 0.265 e. The van der Waals surface area contributed by atoms with Crippen molar-refractivity contribution in [3.05, 3.63) is 81.1 Å². The van der Waals surface area contributed by atoms with E-state index in [4.69, 9.17) is 17.3 Å². The molecule has 0 bridgehead atoms. The molecule has 4 aromatic rings. The first-order chi connectivity index (χ1) is 13.5. The maximum atomic E-state index is 12.5. The maximum absolute atomic E-state index is 12.5. The van der Waals surface area contributed by atoms with Gasteiger partial charge in [-0.1, -0.05) is 41.9 Å². The van der Waals surface area contributed by atoms with Crippen LogP contribution in [0.5, 0.6) is 5.88 Å². The van der Waals surface area contributed by atoms with E-state index < -0.39 is 0 Å². The Hall–Kier alpha value is -2.80. The lowest BCUT2D eigenvalue weighted by Crippen LogP contribution is -2.10. The number of carbonyl (C=O) groups is 1. The summed E-state index contributed by atoms with van der Waals surface area (Å²) in [6.07, 6.45) is 1.84. The number of thiophene rings is 1. The van der Waals surface area contributed by atoms with E-state index in [0.717, 1.165) is 16.5 Å². The van der Waals surface area contributed by atoms with Crippen LogP contribution in [0, 0.1) is 0 Å². The average Bonchev–Trinajstić information content (AvgIpc) is 3.27. The minimum absolute atomic E-state index is 0.156. The second kappa shape index (κ2) is 7.67. The van der Waals surface area contributed by atoms with Crippen molar-refractivity contribution in [3.8, 4) is 5.88 Å². The molecule has 1 amide bonds. The van der Waals surface area contributed by atoms with Gasteiger partial charge in [-0.15, -0.1) is 11.3 Å². The molecule has 4 N–H and O–H groups in total. The standard InChI is InChI=1S/C21H18ClN3O2S/c22-19-8-7-18(28-19)20(26)24-17-6-2-5-15-16(17)12-25(21(15)27)11-14-4-1-3-13(9-14)10-23/h1-9,12,27H,10-11,23H2,(H,24,26). The zero-order valence-corrected chi connectivity index (χ0v) is 16.4. The van der Waals surface area contributed by atoms with Crippen LogP contribution in [0.15, 0.2) is 60.8 Å². The summed E-state index contributed by atoms with van der Waals surface area (Å²) in [6, 6.07) is 16.8. The third kappa shape index (κ3) is 3.62. The number of aromatic hydroxyl groups is 1. The van der Waals surface area contributed by atoms with Crippen molar-refractivity contribution in [2.45, 2.75) is 13.1 Å². The minimum Gasteiger partial charge on any atom is -0.494 e. The van der Waals surface area contributed by atoms with Crippen LogP contribution in [0.2, 0.25) is 4.34 Å². The van der Waals surface area contributed by atoms with E-state index in [2.05, 4.69) is 5.32 Å². The van der Waals surface area contributed by atoms with Gasteiger partial charge in [-0.25, -0.2) is 0 Å². The van der Waals surface area contributed by atoms with Gasteiger partial charge in [0.1, 0.15) is 0 Å². The molecule has 0 aliphatic rings. The monoisotopic (exact) mass is 411 g/mol. The summed E-state index contributed by atoms with van der Waals surface area (Å²) in [5.74, 6) is -0.0734. The van der Waals surface area contributed by atoms with Crippen molar-refractivity contribution in [1.29, 1.82) is 0 Å². The molecule has 0 fully saturated rings. The lowest BCUT2D eigenvalue weighted by Gasteiger charge is -2.06. The number of nitrogens with two attached hydrogens (primary N) is 1. The van der Waals surface area contributed by atoms with Crippen molar-refractivity contribution in [2.75, 3.05) is 5.32 Å². The number of carbonyl (C=O) groups excluding carboxylic acids is 1. The molecule has 5 nitrogen and oxygen atoms in total. The average molecular weight is 412 g/mol. The molecule has 0 atom stereocenters. The molecule has 2 heterocycles.